The van der Waals surface area contributed by atoms with E-state index in [1.54, 1.807) is 4.31 Å². The van der Waals surface area contributed by atoms with Gasteiger partial charge in [0.05, 0.1) is 4.90 Å². The zero-order valence-corrected chi connectivity index (χ0v) is 18.1. The van der Waals surface area contributed by atoms with Crippen LogP contribution in [0, 0.1) is 0 Å². The maximum absolute atomic E-state index is 13.0. The minimum Gasteiger partial charge on any atom is -0.407 e. The van der Waals surface area contributed by atoms with Crippen LogP contribution in [0.4, 0.5) is 6.01 Å². The molecule has 0 saturated carbocycles. The zero-order chi connectivity index (χ0) is 21.2. The highest BCUT2D eigenvalue weighted by Gasteiger charge is 2.32. The van der Waals surface area contributed by atoms with Gasteiger partial charge in [-0.2, -0.15) is 4.31 Å². The molecule has 8 nitrogen and oxygen atoms in total. The van der Waals surface area contributed by atoms with E-state index in [0.717, 1.165) is 25.7 Å². The van der Waals surface area contributed by atoms with E-state index in [1.165, 1.54) is 24.3 Å². The molecule has 1 saturated heterocycles. The first-order valence-corrected chi connectivity index (χ1v) is 11.3. The maximum Gasteiger partial charge on any atom is 0.322 e. The van der Waals surface area contributed by atoms with Crippen molar-refractivity contribution in [3.05, 3.63) is 35.7 Å². The van der Waals surface area contributed by atoms with Gasteiger partial charge in [-0.05, 0) is 43.5 Å². The van der Waals surface area contributed by atoms with Crippen molar-refractivity contribution >= 4 is 21.9 Å². The molecule has 0 spiro atoms. The Morgan fingerprint density at radius 3 is 2.48 bits per heavy atom. The Balaban J connectivity index is 1.74. The van der Waals surface area contributed by atoms with Crippen LogP contribution in [0.3, 0.4) is 0 Å². The average Bonchev–Trinajstić information content (AvgIpc) is 3.17. The van der Waals surface area contributed by atoms with E-state index < -0.39 is 15.9 Å². The maximum atomic E-state index is 13.0. The highest BCUT2D eigenvalue weighted by atomic mass is 32.2. The first-order valence-electron chi connectivity index (χ1n) is 9.90. The number of amides is 1. The molecule has 1 aromatic heterocycles. The standard InChI is InChI=1S/C20H28N4O4S/c1-5-15-8-6-7-13-24(15)29(26,27)16-11-9-14(10-12-16)17(25)21-19-23-22-18(28-19)20(2,3)4/h9-12,15H,5-8,13H2,1-4H3,(H,21,23,25)/t15-/m1/s1. The van der Waals surface area contributed by atoms with Gasteiger partial charge in [-0.3, -0.25) is 10.1 Å². The van der Waals surface area contributed by atoms with Crippen LogP contribution in [0.1, 0.15) is 69.6 Å². The second-order valence-corrected chi connectivity index (χ2v) is 10.2. The molecule has 1 aliphatic heterocycles. The average molecular weight is 421 g/mol. The Hall–Kier alpha value is -2.26. The lowest BCUT2D eigenvalue weighted by molar-refractivity contribution is 0.102. The lowest BCUT2D eigenvalue weighted by Crippen LogP contribution is -2.43. The van der Waals surface area contributed by atoms with Crippen molar-refractivity contribution < 1.29 is 17.6 Å². The molecule has 2 aromatic rings. The second-order valence-electron chi connectivity index (χ2n) is 8.31. The number of anilines is 1. The lowest BCUT2D eigenvalue weighted by atomic mass is 9.97. The molecule has 158 valence electrons. The van der Waals surface area contributed by atoms with Crippen molar-refractivity contribution in [3.8, 4) is 0 Å². The number of hydrogen-bond acceptors (Lipinski definition) is 6. The number of sulfonamides is 1. The number of benzene rings is 1. The first-order chi connectivity index (χ1) is 13.6. The summed E-state index contributed by atoms with van der Waals surface area (Å²) in [5, 5.41) is 10.3. The molecule has 0 unspecified atom stereocenters. The Labute approximate surface area is 171 Å². The lowest BCUT2D eigenvalue weighted by Gasteiger charge is -2.34. The minimum atomic E-state index is -3.58. The molecule has 1 amide bonds. The fourth-order valence-electron chi connectivity index (χ4n) is 3.36. The Morgan fingerprint density at radius 2 is 1.90 bits per heavy atom. The van der Waals surface area contributed by atoms with Crippen molar-refractivity contribution in [1.29, 1.82) is 0 Å². The number of aromatic nitrogens is 2. The van der Waals surface area contributed by atoms with Gasteiger partial charge >= 0.3 is 6.01 Å². The Kier molecular flexibility index (Phi) is 6.09. The van der Waals surface area contributed by atoms with Gasteiger partial charge in [0.15, 0.2) is 0 Å². The van der Waals surface area contributed by atoms with Crippen LogP contribution in [-0.4, -0.2) is 41.4 Å². The molecule has 9 heteroatoms. The van der Waals surface area contributed by atoms with Crippen LogP contribution >= 0.6 is 0 Å². The van der Waals surface area contributed by atoms with E-state index in [4.69, 9.17) is 4.42 Å². The van der Waals surface area contributed by atoms with Gasteiger partial charge in [0, 0.05) is 23.6 Å². The van der Waals surface area contributed by atoms with E-state index in [9.17, 15) is 13.2 Å². The SMILES string of the molecule is CC[C@@H]1CCCCN1S(=O)(=O)c1ccc(C(=O)Nc2nnc(C(C)(C)C)o2)cc1. The number of piperidine rings is 1. The number of carbonyl (C=O) groups excluding carboxylic acids is 1. The quantitative estimate of drug-likeness (QED) is 0.793. The third-order valence-corrected chi connectivity index (χ3v) is 7.02. The van der Waals surface area contributed by atoms with Gasteiger partial charge in [-0.15, -0.1) is 5.10 Å². The molecule has 29 heavy (non-hydrogen) atoms. The predicted molar refractivity (Wildman–Crippen MR) is 109 cm³/mol. The van der Waals surface area contributed by atoms with Crippen LogP contribution in [-0.2, 0) is 15.4 Å². The highest BCUT2D eigenvalue weighted by molar-refractivity contribution is 7.89. The number of nitrogens with one attached hydrogen (secondary N) is 1. The fourth-order valence-corrected chi connectivity index (χ4v) is 5.13. The number of nitrogens with zero attached hydrogens (tertiary/aromatic N) is 3. The van der Waals surface area contributed by atoms with Crippen LogP contribution in [0.15, 0.2) is 33.6 Å². The second kappa shape index (κ2) is 8.23. The van der Waals surface area contributed by atoms with E-state index in [2.05, 4.69) is 15.5 Å². The van der Waals surface area contributed by atoms with Crippen LogP contribution < -0.4 is 5.32 Å². The van der Waals surface area contributed by atoms with Gasteiger partial charge in [0.25, 0.3) is 5.91 Å². The van der Waals surface area contributed by atoms with Gasteiger partial charge in [0.2, 0.25) is 15.9 Å². The summed E-state index contributed by atoms with van der Waals surface area (Å²) in [5.41, 5.74) is -0.0123. The normalized spacial score (nSPS) is 18.6. The summed E-state index contributed by atoms with van der Waals surface area (Å²) in [6.07, 6.45) is 3.60. The van der Waals surface area contributed by atoms with Crippen molar-refractivity contribution in [2.45, 2.75) is 69.7 Å². The molecular formula is C20H28N4O4S. The van der Waals surface area contributed by atoms with E-state index in [1.807, 2.05) is 27.7 Å². The summed E-state index contributed by atoms with van der Waals surface area (Å²) in [7, 11) is -3.58. The Morgan fingerprint density at radius 1 is 1.21 bits per heavy atom. The molecule has 3 rings (SSSR count). The fraction of sp³-hybridized carbons (Fsp3) is 0.550. The van der Waals surface area contributed by atoms with Crippen molar-refractivity contribution in [3.63, 3.8) is 0 Å². The highest BCUT2D eigenvalue weighted by Crippen LogP contribution is 2.27. The molecular weight excluding hydrogens is 392 g/mol. The third kappa shape index (κ3) is 4.67. The van der Waals surface area contributed by atoms with Gasteiger partial charge in [0.1, 0.15) is 0 Å². The van der Waals surface area contributed by atoms with Crippen molar-refractivity contribution in [2.75, 3.05) is 11.9 Å². The molecule has 0 aliphatic carbocycles. The molecule has 0 bridgehead atoms. The predicted octanol–water partition coefficient (Wildman–Crippen LogP) is 3.57. The molecule has 1 fully saturated rings. The molecule has 1 aromatic carbocycles. The van der Waals surface area contributed by atoms with Crippen molar-refractivity contribution in [1.82, 2.24) is 14.5 Å². The third-order valence-electron chi connectivity index (χ3n) is 5.05. The number of hydrogen-bond donors (Lipinski definition) is 1. The summed E-state index contributed by atoms with van der Waals surface area (Å²) in [6, 6.07) is 5.98. The van der Waals surface area contributed by atoms with Gasteiger partial charge in [-0.1, -0.05) is 39.2 Å². The molecule has 0 radical (unpaired) electrons. The Bertz CT molecular complexity index is 961. The molecule has 1 aliphatic rings. The number of carbonyl (C=O) groups is 1. The molecule has 2 heterocycles. The monoisotopic (exact) mass is 420 g/mol. The summed E-state index contributed by atoms with van der Waals surface area (Å²) < 4.78 is 33.1. The first kappa shape index (κ1) is 21.4. The van der Waals surface area contributed by atoms with Crippen LogP contribution in [0.5, 0.6) is 0 Å². The zero-order valence-electron chi connectivity index (χ0n) is 17.3. The van der Waals surface area contributed by atoms with E-state index in [-0.39, 0.29) is 22.4 Å². The minimum absolute atomic E-state index is 0.00993. The summed E-state index contributed by atoms with van der Waals surface area (Å²) >= 11 is 0. The summed E-state index contributed by atoms with van der Waals surface area (Å²) in [5.74, 6) is -0.0243. The summed E-state index contributed by atoms with van der Waals surface area (Å²) in [4.78, 5) is 12.6. The van der Waals surface area contributed by atoms with Crippen molar-refractivity contribution in [2.24, 2.45) is 0 Å². The van der Waals surface area contributed by atoms with Gasteiger partial charge in [-0.25, -0.2) is 8.42 Å². The van der Waals surface area contributed by atoms with Crippen LogP contribution in [0.25, 0.3) is 0 Å². The van der Waals surface area contributed by atoms with E-state index in [0.29, 0.717) is 18.0 Å². The largest absolute Gasteiger partial charge is 0.407 e. The van der Waals surface area contributed by atoms with E-state index >= 15 is 0 Å². The number of rotatable bonds is 5. The van der Waals surface area contributed by atoms with Crippen LogP contribution in [0.2, 0.25) is 0 Å². The smallest absolute Gasteiger partial charge is 0.322 e. The topological polar surface area (TPSA) is 105 Å². The van der Waals surface area contributed by atoms with Gasteiger partial charge < -0.3 is 4.42 Å². The molecule has 1 N–H and O–H groups in total. The molecule has 1 atom stereocenters. The summed E-state index contributed by atoms with van der Waals surface area (Å²) in [6.45, 7) is 8.33.